The summed E-state index contributed by atoms with van der Waals surface area (Å²) in [6.45, 7) is 0.867. The van der Waals surface area contributed by atoms with Gasteiger partial charge in [0.25, 0.3) is 0 Å². The molecular weight excluding hydrogens is 353 g/mol. The summed E-state index contributed by atoms with van der Waals surface area (Å²) in [7, 11) is 3.26. The van der Waals surface area contributed by atoms with Crippen LogP contribution in [-0.2, 0) is 16.0 Å². The van der Waals surface area contributed by atoms with E-state index in [-0.39, 0.29) is 43.2 Å². The van der Waals surface area contributed by atoms with Gasteiger partial charge in [0.2, 0.25) is 5.91 Å². The number of halogens is 1. The number of fused-ring (bicyclic) bond motifs is 1. The van der Waals surface area contributed by atoms with Crippen LogP contribution in [-0.4, -0.2) is 78.0 Å². The molecule has 0 aromatic heterocycles. The largest absolute Gasteiger partial charge is 0.481 e. The number of carboxylic acid groups (broad SMARTS) is 1. The van der Waals surface area contributed by atoms with E-state index in [4.69, 9.17) is 0 Å². The van der Waals surface area contributed by atoms with Crippen molar-refractivity contribution >= 4 is 17.9 Å². The average molecular weight is 377 g/mol. The SMILES string of the molecule is CN(C)C(=O)N1C[C@H]2CN(C(=O)CCc3cccc(F)c3)C[C@@]2(C(=O)O)C1. The number of nitrogens with zero attached hydrogens (tertiary/aromatic N) is 3. The van der Waals surface area contributed by atoms with E-state index in [2.05, 4.69) is 0 Å². The second kappa shape index (κ2) is 7.17. The standard InChI is InChI=1S/C19H24FN3O4/c1-21(2)18(27)23-10-14-9-22(11-19(14,12-23)17(25)26)16(24)7-6-13-4-3-5-15(20)8-13/h3-5,8,14H,6-7,9-12H2,1-2H3,(H,25,26)/t14-,19-/m1/s1. The summed E-state index contributed by atoms with van der Waals surface area (Å²) in [5.74, 6) is -1.73. The molecule has 2 heterocycles. The molecule has 1 N–H and O–H groups in total. The molecule has 0 spiro atoms. The van der Waals surface area contributed by atoms with E-state index in [1.54, 1.807) is 36.0 Å². The van der Waals surface area contributed by atoms with Crippen LogP contribution in [0.4, 0.5) is 9.18 Å². The number of carbonyl (C=O) groups excluding carboxylic acids is 2. The molecule has 0 unspecified atom stereocenters. The monoisotopic (exact) mass is 377 g/mol. The fourth-order valence-electron chi connectivity index (χ4n) is 4.09. The highest BCUT2D eigenvalue weighted by atomic mass is 19.1. The van der Waals surface area contributed by atoms with Crippen LogP contribution < -0.4 is 0 Å². The third-order valence-electron chi connectivity index (χ3n) is 5.56. The van der Waals surface area contributed by atoms with E-state index in [0.29, 0.717) is 19.5 Å². The summed E-state index contributed by atoms with van der Waals surface area (Å²) in [4.78, 5) is 41.3. The van der Waals surface area contributed by atoms with Gasteiger partial charge >= 0.3 is 12.0 Å². The Balaban J connectivity index is 1.65. The van der Waals surface area contributed by atoms with Gasteiger partial charge in [-0.3, -0.25) is 9.59 Å². The van der Waals surface area contributed by atoms with E-state index in [1.807, 2.05) is 0 Å². The second-order valence-corrected chi connectivity index (χ2v) is 7.62. The van der Waals surface area contributed by atoms with Gasteiger partial charge in [0.05, 0.1) is 0 Å². The Kier molecular flexibility index (Phi) is 5.08. The van der Waals surface area contributed by atoms with Crippen molar-refractivity contribution in [3.05, 3.63) is 35.6 Å². The molecule has 2 aliphatic heterocycles. The number of amides is 3. The van der Waals surface area contributed by atoms with Crippen LogP contribution >= 0.6 is 0 Å². The topological polar surface area (TPSA) is 81.2 Å². The fourth-order valence-corrected chi connectivity index (χ4v) is 4.09. The van der Waals surface area contributed by atoms with E-state index < -0.39 is 11.4 Å². The predicted molar refractivity (Wildman–Crippen MR) is 95.5 cm³/mol. The molecule has 1 aromatic carbocycles. The fraction of sp³-hybridized carbons (Fsp3) is 0.526. The Labute approximate surface area is 157 Å². The highest BCUT2D eigenvalue weighted by molar-refractivity contribution is 5.83. The molecule has 1 aromatic rings. The minimum Gasteiger partial charge on any atom is -0.481 e. The van der Waals surface area contributed by atoms with Crippen molar-refractivity contribution in [2.24, 2.45) is 11.3 Å². The van der Waals surface area contributed by atoms with Gasteiger partial charge in [-0.05, 0) is 24.1 Å². The quantitative estimate of drug-likeness (QED) is 0.857. The lowest BCUT2D eigenvalue weighted by Gasteiger charge is -2.27. The maximum atomic E-state index is 13.3. The zero-order chi connectivity index (χ0) is 19.8. The molecule has 2 aliphatic rings. The molecule has 27 heavy (non-hydrogen) atoms. The lowest BCUT2D eigenvalue weighted by Crippen LogP contribution is -2.45. The molecule has 8 heteroatoms. The van der Waals surface area contributed by atoms with Gasteiger partial charge in [0.15, 0.2) is 0 Å². The van der Waals surface area contributed by atoms with Crippen LogP contribution in [0.15, 0.2) is 24.3 Å². The second-order valence-electron chi connectivity index (χ2n) is 7.62. The summed E-state index contributed by atoms with van der Waals surface area (Å²) >= 11 is 0. The molecule has 7 nitrogen and oxygen atoms in total. The first-order chi connectivity index (χ1) is 12.7. The summed E-state index contributed by atoms with van der Waals surface area (Å²) in [6.07, 6.45) is 0.606. The van der Waals surface area contributed by atoms with Crippen LogP contribution in [0.5, 0.6) is 0 Å². The molecule has 3 rings (SSSR count). The van der Waals surface area contributed by atoms with Crippen molar-refractivity contribution in [2.75, 3.05) is 40.3 Å². The zero-order valence-electron chi connectivity index (χ0n) is 15.5. The van der Waals surface area contributed by atoms with Gasteiger partial charge < -0.3 is 19.8 Å². The molecule has 0 aliphatic carbocycles. The summed E-state index contributed by atoms with van der Waals surface area (Å²) < 4.78 is 13.3. The Hall–Kier alpha value is -2.64. The number of hydrogen-bond acceptors (Lipinski definition) is 3. The third kappa shape index (κ3) is 3.61. The van der Waals surface area contributed by atoms with Gasteiger partial charge in [-0.2, -0.15) is 0 Å². The number of rotatable bonds is 4. The van der Waals surface area contributed by atoms with Crippen molar-refractivity contribution in [1.29, 1.82) is 0 Å². The number of carbonyl (C=O) groups is 3. The lowest BCUT2D eigenvalue weighted by atomic mass is 9.81. The van der Waals surface area contributed by atoms with Crippen LogP contribution in [0.3, 0.4) is 0 Å². The van der Waals surface area contributed by atoms with E-state index in [9.17, 15) is 23.9 Å². The number of aliphatic carboxylic acids is 1. The minimum absolute atomic E-state index is 0.103. The van der Waals surface area contributed by atoms with Gasteiger partial charge in [-0.25, -0.2) is 9.18 Å². The normalized spacial score (nSPS) is 24.0. The van der Waals surface area contributed by atoms with E-state index in [0.717, 1.165) is 5.56 Å². The van der Waals surface area contributed by atoms with Crippen LogP contribution in [0.1, 0.15) is 12.0 Å². The first-order valence-corrected chi connectivity index (χ1v) is 8.95. The average Bonchev–Trinajstić information content (AvgIpc) is 3.14. The van der Waals surface area contributed by atoms with Crippen molar-refractivity contribution in [3.8, 4) is 0 Å². The minimum atomic E-state index is -1.11. The van der Waals surface area contributed by atoms with Crippen molar-refractivity contribution in [1.82, 2.24) is 14.7 Å². The zero-order valence-corrected chi connectivity index (χ0v) is 15.5. The van der Waals surface area contributed by atoms with Crippen LogP contribution in [0.25, 0.3) is 0 Å². The van der Waals surface area contributed by atoms with Crippen molar-refractivity contribution < 1.29 is 23.9 Å². The number of hydrogen-bond donors (Lipinski definition) is 1. The summed E-state index contributed by atoms with van der Waals surface area (Å²) in [6, 6.07) is 5.90. The number of benzene rings is 1. The summed E-state index contributed by atoms with van der Waals surface area (Å²) in [5.41, 5.74) is -0.376. The first-order valence-electron chi connectivity index (χ1n) is 8.95. The maximum Gasteiger partial charge on any atom is 0.319 e. The summed E-state index contributed by atoms with van der Waals surface area (Å²) in [5, 5.41) is 9.82. The first kappa shape index (κ1) is 19.1. The number of urea groups is 1. The van der Waals surface area contributed by atoms with Crippen molar-refractivity contribution in [3.63, 3.8) is 0 Å². The van der Waals surface area contributed by atoms with Crippen LogP contribution in [0, 0.1) is 17.2 Å². The Morgan fingerprint density at radius 2 is 1.89 bits per heavy atom. The predicted octanol–water partition coefficient (Wildman–Crippen LogP) is 1.28. The Morgan fingerprint density at radius 1 is 1.22 bits per heavy atom. The smallest absolute Gasteiger partial charge is 0.319 e. The molecule has 3 amide bonds. The molecule has 0 bridgehead atoms. The Morgan fingerprint density at radius 3 is 2.48 bits per heavy atom. The number of carboxylic acids is 1. The lowest BCUT2D eigenvalue weighted by molar-refractivity contribution is -0.149. The van der Waals surface area contributed by atoms with Crippen LogP contribution in [0.2, 0.25) is 0 Å². The molecule has 0 radical (unpaired) electrons. The van der Waals surface area contributed by atoms with Crippen molar-refractivity contribution in [2.45, 2.75) is 12.8 Å². The molecule has 146 valence electrons. The van der Waals surface area contributed by atoms with Gasteiger partial charge in [-0.15, -0.1) is 0 Å². The van der Waals surface area contributed by atoms with E-state index >= 15 is 0 Å². The molecule has 2 saturated heterocycles. The molecule has 2 atom stereocenters. The van der Waals surface area contributed by atoms with Gasteiger partial charge in [-0.1, -0.05) is 12.1 Å². The van der Waals surface area contributed by atoms with Gasteiger partial charge in [0, 0.05) is 52.6 Å². The maximum absolute atomic E-state index is 13.3. The van der Waals surface area contributed by atoms with E-state index in [1.165, 1.54) is 17.0 Å². The molecule has 2 fully saturated rings. The number of likely N-dealkylation sites (tertiary alicyclic amines) is 2. The number of aryl methyl sites for hydroxylation is 1. The Bertz CT molecular complexity index is 769. The third-order valence-corrected chi connectivity index (χ3v) is 5.56. The van der Waals surface area contributed by atoms with Gasteiger partial charge in [0.1, 0.15) is 11.2 Å². The molecular formula is C19H24FN3O4. The molecule has 0 saturated carbocycles. The highest BCUT2D eigenvalue weighted by Crippen LogP contribution is 2.43. The highest BCUT2D eigenvalue weighted by Gasteiger charge is 2.59.